The molecule has 0 N–H and O–H groups in total. The van der Waals surface area contributed by atoms with Crippen LogP contribution in [0.1, 0.15) is 122 Å². The van der Waals surface area contributed by atoms with Crippen molar-refractivity contribution in [3.8, 4) is 11.3 Å². The minimum Gasteiger partial charge on any atom is -0.465 e. The van der Waals surface area contributed by atoms with Gasteiger partial charge in [-0.1, -0.05) is 57.1 Å². The predicted octanol–water partition coefficient (Wildman–Crippen LogP) is 8.95. The molecule has 0 unspecified atom stereocenters. The minimum absolute atomic E-state index is 0.112. The average Bonchev–Trinajstić information content (AvgIpc) is 3.81. The van der Waals surface area contributed by atoms with Crippen LogP contribution in [0.25, 0.3) is 11.3 Å². The summed E-state index contributed by atoms with van der Waals surface area (Å²) in [4.78, 5) is 14.7. The molecular formula is C38H52N2O4. The van der Waals surface area contributed by atoms with Crippen molar-refractivity contribution >= 4 is 5.97 Å². The minimum atomic E-state index is -0.262. The Balaban J connectivity index is 0.00000188. The van der Waals surface area contributed by atoms with Crippen LogP contribution in [0.2, 0.25) is 0 Å². The Morgan fingerprint density at radius 3 is 2.39 bits per heavy atom. The van der Waals surface area contributed by atoms with Gasteiger partial charge in [0.05, 0.1) is 24.9 Å². The summed E-state index contributed by atoms with van der Waals surface area (Å²) in [7, 11) is 1.44. The highest BCUT2D eigenvalue weighted by Gasteiger charge is 2.42. The van der Waals surface area contributed by atoms with E-state index in [1.807, 2.05) is 26.0 Å². The fourth-order valence-electron chi connectivity index (χ4n) is 7.34. The fourth-order valence-corrected chi connectivity index (χ4v) is 7.34. The number of ether oxygens (including phenoxy) is 2. The molecule has 238 valence electrons. The van der Waals surface area contributed by atoms with E-state index in [4.69, 9.17) is 14.0 Å². The molecule has 44 heavy (non-hydrogen) atoms. The van der Waals surface area contributed by atoms with Crippen molar-refractivity contribution in [2.75, 3.05) is 20.2 Å². The third kappa shape index (κ3) is 6.82. The number of aryl methyl sites for hydroxylation is 2. The van der Waals surface area contributed by atoms with Crippen LogP contribution in [0.4, 0.5) is 0 Å². The summed E-state index contributed by atoms with van der Waals surface area (Å²) in [6.07, 6.45) is 8.83. The topological polar surface area (TPSA) is 64.8 Å². The quantitative estimate of drug-likeness (QED) is 0.229. The standard InChI is InChI=1S/C36H46N2O4.C2H6/c1-6-36(41-22-30-32(37-42-33(30)27-11-12-27)31-24(2)8-7-9-25(31)3)17-15-35(4,16-18-36)23-38-19-14-26-10-13-28(34(39)40-5)20-29(26)21-38;1-2/h7-10,13,20,27H,6,11-12,14-19,21-23H2,1-5H3;1-2H3. The molecule has 3 aliphatic rings. The molecule has 1 aromatic heterocycles. The molecule has 6 rings (SSSR count). The molecule has 0 atom stereocenters. The van der Waals surface area contributed by atoms with E-state index in [-0.39, 0.29) is 17.0 Å². The summed E-state index contributed by atoms with van der Waals surface area (Å²) in [5.41, 5.74) is 9.17. The van der Waals surface area contributed by atoms with Crippen molar-refractivity contribution in [1.82, 2.24) is 10.1 Å². The zero-order chi connectivity index (χ0) is 31.5. The lowest BCUT2D eigenvalue weighted by atomic mass is 9.68. The predicted molar refractivity (Wildman–Crippen MR) is 176 cm³/mol. The molecule has 0 amide bonds. The van der Waals surface area contributed by atoms with Crippen molar-refractivity contribution in [3.05, 3.63) is 75.5 Å². The molecule has 0 bridgehead atoms. The summed E-state index contributed by atoms with van der Waals surface area (Å²) in [6, 6.07) is 12.5. The third-order valence-electron chi connectivity index (χ3n) is 10.3. The molecule has 0 radical (unpaired) electrons. The molecule has 1 aliphatic heterocycles. The highest BCUT2D eigenvalue weighted by Crippen LogP contribution is 2.48. The Morgan fingerprint density at radius 1 is 1.05 bits per heavy atom. The smallest absolute Gasteiger partial charge is 0.337 e. The van der Waals surface area contributed by atoms with Gasteiger partial charge in [0, 0.05) is 36.7 Å². The number of rotatable bonds is 9. The number of aromatic nitrogens is 1. The molecule has 0 spiro atoms. The van der Waals surface area contributed by atoms with Crippen molar-refractivity contribution < 1.29 is 18.8 Å². The Bertz CT molecular complexity index is 1420. The van der Waals surface area contributed by atoms with Gasteiger partial charge in [0.25, 0.3) is 0 Å². The van der Waals surface area contributed by atoms with Gasteiger partial charge in [-0.05, 0) is 105 Å². The molecule has 2 fully saturated rings. The molecule has 6 nitrogen and oxygen atoms in total. The average molecular weight is 601 g/mol. The van der Waals surface area contributed by atoms with Crippen LogP contribution < -0.4 is 0 Å². The van der Waals surface area contributed by atoms with Crippen molar-refractivity contribution in [3.63, 3.8) is 0 Å². The second kappa shape index (κ2) is 13.6. The molecule has 6 heteroatoms. The highest BCUT2D eigenvalue weighted by molar-refractivity contribution is 5.89. The number of hydrogen-bond donors (Lipinski definition) is 0. The van der Waals surface area contributed by atoms with Crippen LogP contribution in [-0.2, 0) is 29.0 Å². The van der Waals surface area contributed by atoms with Crippen LogP contribution in [0, 0.1) is 19.3 Å². The van der Waals surface area contributed by atoms with E-state index < -0.39 is 0 Å². The normalized spacial score (nSPS) is 23.4. The lowest BCUT2D eigenvalue weighted by Gasteiger charge is -2.47. The van der Waals surface area contributed by atoms with E-state index in [0.29, 0.717) is 18.1 Å². The van der Waals surface area contributed by atoms with Gasteiger partial charge < -0.3 is 14.0 Å². The summed E-state index contributed by atoms with van der Waals surface area (Å²) < 4.78 is 17.9. The molecule has 2 saturated carbocycles. The summed E-state index contributed by atoms with van der Waals surface area (Å²) >= 11 is 0. The monoisotopic (exact) mass is 600 g/mol. The van der Waals surface area contributed by atoms with E-state index in [0.717, 1.165) is 75.2 Å². The maximum Gasteiger partial charge on any atom is 0.337 e. The Hall–Kier alpha value is -2.96. The molecule has 2 aromatic carbocycles. The van der Waals surface area contributed by atoms with Crippen molar-refractivity contribution in [2.24, 2.45) is 5.41 Å². The van der Waals surface area contributed by atoms with Gasteiger partial charge in [0.15, 0.2) is 0 Å². The van der Waals surface area contributed by atoms with Gasteiger partial charge in [-0.2, -0.15) is 0 Å². The van der Waals surface area contributed by atoms with E-state index in [2.05, 4.69) is 62.0 Å². The van der Waals surface area contributed by atoms with Gasteiger partial charge >= 0.3 is 5.97 Å². The van der Waals surface area contributed by atoms with Crippen LogP contribution >= 0.6 is 0 Å². The van der Waals surface area contributed by atoms with Crippen LogP contribution in [0.5, 0.6) is 0 Å². The molecule has 3 aromatic rings. The van der Waals surface area contributed by atoms with Crippen LogP contribution in [0.15, 0.2) is 40.9 Å². The first-order valence-corrected chi connectivity index (χ1v) is 16.8. The molecule has 2 heterocycles. The molecular weight excluding hydrogens is 548 g/mol. The summed E-state index contributed by atoms with van der Waals surface area (Å²) in [6.45, 7) is 16.6. The maximum absolute atomic E-state index is 12.1. The van der Waals surface area contributed by atoms with Gasteiger partial charge in [-0.3, -0.25) is 4.90 Å². The van der Waals surface area contributed by atoms with Crippen LogP contribution in [0.3, 0.4) is 0 Å². The first-order chi connectivity index (χ1) is 21.2. The van der Waals surface area contributed by atoms with Gasteiger partial charge in [-0.15, -0.1) is 0 Å². The zero-order valence-corrected chi connectivity index (χ0v) is 28.1. The first kappa shape index (κ1) is 32.4. The first-order valence-electron chi connectivity index (χ1n) is 16.8. The van der Waals surface area contributed by atoms with E-state index >= 15 is 0 Å². The zero-order valence-electron chi connectivity index (χ0n) is 28.1. The number of hydrogen-bond acceptors (Lipinski definition) is 6. The van der Waals surface area contributed by atoms with Gasteiger partial charge in [0.2, 0.25) is 0 Å². The number of nitrogens with zero attached hydrogens (tertiary/aromatic N) is 2. The largest absolute Gasteiger partial charge is 0.465 e. The number of esters is 1. The highest BCUT2D eigenvalue weighted by atomic mass is 16.5. The van der Waals surface area contributed by atoms with E-state index in [1.54, 1.807) is 0 Å². The molecule has 0 saturated heterocycles. The lowest BCUT2D eigenvalue weighted by Crippen LogP contribution is -2.45. The SMILES string of the molecule is CC.CCC1(OCc2c(-c3c(C)cccc3C)noc2C2CC2)CCC(C)(CN2CCc3ccc(C(=O)OC)cc3C2)CC1. The second-order valence-corrected chi connectivity index (χ2v) is 13.5. The second-order valence-electron chi connectivity index (χ2n) is 13.5. The van der Waals surface area contributed by atoms with Gasteiger partial charge in [-0.25, -0.2) is 4.79 Å². The summed E-state index contributed by atoms with van der Waals surface area (Å²) in [5, 5.41) is 4.62. The number of methoxy groups -OCH3 is 1. The number of carbonyl (C=O) groups excluding carboxylic acids is 1. The van der Waals surface area contributed by atoms with Gasteiger partial charge in [0.1, 0.15) is 11.5 Å². The lowest BCUT2D eigenvalue weighted by molar-refractivity contribution is -0.105. The van der Waals surface area contributed by atoms with E-state index in [1.165, 1.54) is 47.8 Å². The maximum atomic E-state index is 12.1. The number of fused-ring (bicyclic) bond motifs is 1. The fraction of sp³-hybridized carbons (Fsp3) is 0.579. The van der Waals surface area contributed by atoms with Crippen LogP contribution in [-0.4, -0.2) is 41.8 Å². The molecule has 2 aliphatic carbocycles. The Labute approximate surface area is 264 Å². The Kier molecular flexibility index (Phi) is 10.0. The van der Waals surface area contributed by atoms with Crippen molar-refractivity contribution in [2.45, 2.75) is 118 Å². The Morgan fingerprint density at radius 2 is 1.75 bits per heavy atom. The number of carbonyl (C=O) groups is 1. The van der Waals surface area contributed by atoms with E-state index in [9.17, 15) is 4.79 Å². The van der Waals surface area contributed by atoms with Crippen molar-refractivity contribution in [1.29, 1.82) is 0 Å². The third-order valence-corrected chi connectivity index (χ3v) is 10.3. The summed E-state index contributed by atoms with van der Waals surface area (Å²) in [5.74, 6) is 1.27. The number of benzene rings is 2.